The molecule has 1 N–H and O–H groups in total. The third-order valence-electron chi connectivity index (χ3n) is 4.93. The molecule has 30 heavy (non-hydrogen) atoms. The number of rotatable bonds is 5. The highest BCUT2D eigenvalue weighted by molar-refractivity contribution is 6.03. The van der Waals surface area contributed by atoms with E-state index in [1.807, 2.05) is 0 Å². The molecular formula is C22H21FN2O5. The van der Waals surface area contributed by atoms with E-state index in [1.165, 1.54) is 31.4 Å². The molecule has 0 saturated carbocycles. The Labute approximate surface area is 173 Å². The molecule has 2 aliphatic rings. The molecule has 2 amide bonds. The monoisotopic (exact) mass is 412 g/mol. The third-order valence-corrected chi connectivity index (χ3v) is 4.93. The standard InChI is InChI=1S/C22H21FN2O5/c1-28-19-11-17(5-6-18(19)25-8-2-3-21(25)27)24-20(26)7-4-14-9-16(23)10-15-12-29-13-30-22(14)15/h4-7,9-11H,2-3,8,12-13H2,1H3,(H,24,26). The molecule has 2 aliphatic heterocycles. The zero-order valence-electron chi connectivity index (χ0n) is 16.4. The average Bonchev–Trinajstić information content (AvgIpc) is 3.17. The molecule has 0 atom stereocenters. The van der Waals surface area contributed by atoms with Crippen molar-refractivity contribution in [1.82, 2.24) is 0 Å². The highest BCUT2D eigenvalue weighted by atomic mass is 19.1. The van der Waals surface area contributed by atoms with Crippen LogP contribution in [-0.4, -0.2) is 32.3 Å². The molecule has 0 unspecified atom stereocenters. The summed E-state index contributed by atoms with van der Waals surface area (Å²) in [7, 11) is 1.52. The fraction of sp³-hybridized carbons (Fsp3) is 0.273. The van der Waals surface area contributed by atoms with Crippen molar-refractivity contribution in [2.75, 3.05) is 30.7 Å². The number of carbonyl (C=O) groups excluding carboxylic acids is 2. The van der Waals surface area contributed by atoms with Gasteiger partial charge in [-0.1, -0.05) is 0 Å². The van der Waals surface area contributed by atoms with E-state index in [0.717, 1.165) is 6.42 Å². The quantitative estimate of drug-likeness (QED) is 0.761. The molecule has 4 rings (SSSR count). The number of carbonyl (C=O) groups is 2. The van der Waals surface area contributed by atoms with Gasteiger partial charge >= 0.3 is 0 Å². The Bertz CT molecular complexity index is 1020. The minimum absolute atomic E-state index is 0.0547. The molecule has 0 radical (unpaired) electrons. The first-order valence-electron chi connectivity index (χ1n) is 9.55. The lowest BCUT2D eigenvalue weighted by atomic mass is 10.1. The predicted octanol–water partition coefficient (Wildman–Crippen LogP) is 3.48. The Balaban J connectivity index is 1.49. The Morgan fingerprint density at radius 2 is 2.17 bits per heavy atom. The molecule has 0 spiro atoms. The van der Waals surface area contributed by atoms with Crippen molar-refractivity contribution < 1.29 is 28.2 Å². The van der Waals surface area contributed by atoms with Gasteiger partial charge in [-0.15, -0.1) is 0 Å². The number of hydrogen-bond donors (Lipinski definition) is 1. The predicted molar refractivity (Wildman–Crippen MR) is 109 cm³/mol. The number of ether oxygens (including phenoxy) is 3. The summed E-state index contributed by atoms with van der Waals surface area (Å²) in [6.45, 7) is 0.984. The van der Waals surface area contributed by atoms with Gasteiger partial charge in [0.1, 0.15) is 17.3 Å². The molecule has 8 heteroatoms. The van der Waals surface area contributed by atoms with Crippen LogP contribution in [0, 0.1) is 5.82 Å². The number of fused-ring (bicyclic) bond motifs is 1. The number of amides is 2. The van der Waals surface area contributed by atoms with Crippen molar-refractivity contribution in [3.8, 4) is 11.5 Å². The number of hydrogen-bond acceptors (Lipinski definition) is 5. The second-order valence-electron chi connectivity index (χ2n) is 6.95. The smallest absolute Gasteiger partial charge is 0.248 e. The van der Waals surface area contributed by atoms with Crippen molar-refractivity contribution in [2.45, 2.75) is 19.4 Å². The summed E-state index contributed by atoms with van der Waals surface area (Å²) in [4.78, 5) is 26.0. The van der Waals surface area contributed by atoms with Gasteiger partial charge in [-0.05, 0) is 36.8 Å². The lowest BCUT2D eigenvalue weighted by Crippen LogP contribution is -2.24. The molecule has 156 valence electrons. The molecule has 0 aliphatic carbocycles. The van der Waals surface area contributed by atoms with Crippen LogP contribution in [-0.2, 0) is 20.9 Å². The van der Waals surface area contributed by atoms with Crippen LogP contribution < -0.4 is 19.7 Å². The van der Waals surface area contributed by atoms with E-state index < -0.39 is 11.7 Å². The number of halogens is 1. The molecule has 1 fully saturated rings. The summed E-state index contributed by atoms with van der Waals surface area (Å²) in [6.07, 6.45) is 4.13. The largest absolute Gasteiger partial charge is 0.494 e. The van der Waals surface area contributed by atoms with Gasteiger partial charge in [0.25, 0.3) is 0 Å². The van der Waals surface area contributed by atoms with Gasteiger partial charge < -0.3 is 24.4 Å². The van der Waals surface area contributed by atoms with Crippen molar-refractivity contribution in [3.05, 3.63) is 53.4 Å². The molecular weight excluding hydrogens is 391 g/mol. The fourth-order valence-electron chi connectivity index (χ4n) is 3.56. The van der Waals surface area contributed by atoms with E-state index in [-0.39, 0.29) is 19.3 Å². The normalized spacial score (nSPS) is 15.8. The topological polar surface area (TPSA) is 77.1 Å². The molecule has 0 aromatic heterocycles. The maximum Gasteiger partial charge on any atom is 0.248 e. The minimum Gasteiger partial charge on any atom is -0.494 e. The number of nitrogens with one attached hydrogen (secondary N) is 1. The van der Waals surface area contributed by atoms with E-state index in [1.54, 1.807) is 23.1 Å². The summed E-state index contributed by atoms with van der Waals surface area (Å²) in [5.74, 6) is 0.235. The lowest BCUT2D eigenvalue weighted by molar-refractivity contribution is -0.117. The second-order valence-corrected chi connectivity index (χ2v) is 6.95. The number of nitrogens with zero attached hydrogens (tertiary/aromatic N) is 1. The van der Waals surface area contributed by atoms with Crippen LogP contribution in [0.3, 0.4) is 0 Å². The highest BCUT2D eigenvalue weighted by Crippen LogP contribution is 2.34. The van der Waals surface area contributed by atoms with E-state index in [4.69, 9.17) is 14.2 Å². The number of methoxy groups -OCH3 is 1. The number of anilines is 2. The van der Waals surface area contributed by atoms with E-state index in [2.05, 4.69) is 5.32 Å². The van der Waals surface area contributed by atoms with E-state index >= 15 is 0 Å². The summed E-state index contributed by atoms with van der Waals surface area (Å²) in [5.41, 5.74) is 2.25. The lowest BCUT2D eigenvalue weighted by Gasteiger charge is -2.20. The van der Waals surface area contributed by atoms with Crippen LogP contribution >= 0.6 is 0 Å². The zero-order valence-corrected chi connectivity index (χ0v) is 16.4. The molecule has 1 saturated heterocycles. The van der Waals surface area contributed by atoms with Gasteiger partial charge in [0, 0.05) is 41.9 Å². The van der Waals surface area contributed by atoms with E-state index in [9.17, 15) is 14.0 Å². The van der Waals surface area contributed by atoms with Crippen LogP contribution in [0.1, 0.15) is 24.0 Å². The Morgan fingerprint density at radius 1 is 1.30 bits per heavy atom. The Hall–Kier alpha value is -3.39. The Morgan fingerprint density at radius 3 is 2.93 bits per heavy atom. The average molecular weight is 412 g/mol. The fourth-order valence-corrected chi connectivity index (χ4v) is 3.56. The molecule has 2 heterocycles. The van der Waals surface area contributed by atoms with Gasteiger partial charge in [0.2, 0.25) is 11.8 Å². The zero-order chi connectivity index (χ0) is 21.1. The van der Waals surface area contributed by atoms with Crippen molar-refractivity contribution >= 4 is 29.3 Å². The minimum atomic E-state index is -0.431. The maximum absolute atomic E-state index is 13.8. The molecule has 0 bridgehead atoms. The van der Waals surface area contributed by atoms with Crippen LogP contribution in [0.4, 0.5) is 15.8 Å². The Kier molecular flexibility index (Phi) is 5.67. The van der Waals surface area contributed by atoms with Crippen molar-refractivity contribution in [3.63, 3.8) is 0 Å². The summed E-state index contributed by atoms with van der Waals surface area (Å²) >= 11 is 0. The first-order valence-corrected chi connectivity index (χ1v) is 9.55. The van der Waals surface area contributed by atoms with Crippen LogP contribution in [0.15, 0.2) is 36.4 Å². The van der Waals surface area contributed by atoms with Gasteiger partial charge in [0.15, 0.2) is 6.79 Å². The van der Waals surface area contributed by atoms with Gasteiger partial charge in [0.05, 0.1) is 19.4 Å². The summed E-state index contributed by atoms with van der Waals surface area (Å²) in [5, 5.41) is 2.74. The first-order chi connectivity index (χ1) is 14.5. The van der Waals surface area contributed by atoms with Crippen LogP contribution in [0.5, 0.6) is 11.5 Å². The van der Waals surface area contributed by atoms with Crippen LogP contribution in [0.25, 0.3) is 6.08 Å². The third kappa shape index (κ3) is 4.13. The van der Waals surface area contributed by atoms with Gasteiger partial charge in [-0.25, -0.2) is 4.39 Å². The van der Waals surface area contributed by atoms with Crippen molar-refractivity contribution in [2.24, 2.45) is 0 Å². The molecule has 2 aromatic carbocycles. The molecule has 2 aromatic rings. The summed E-state index contributed by atoms with van der Waals surface area (Å²) < 4.78 is 29.8. The van der Waals surface area contributed by atoms with Gasteiger partial charge in [-0.3, -0.25) is 9.59 Å². The SMILES string of the molecule is COc1cc(NC(=O)C=Cc2cc(F)cc3c2OCOC3)ccc1N1CCCC1=O. The van der Waals surface area contributed by atoms with E-state index in [0.29, 0.717) is 47.0 Å². The second kappa shape index (κ2) is 8.54. The first kappa shape index (κ1) is 19.9. The number of benzene rings is 2. The van der Waals surface area contributed by atoms with Gasteiger partial charge in [-0.2, -0.15) is 0 Å². The maximum atomic E-state index is 13.8. The van der Waals surface area contributed by atoms with Crippen molar-refractivity contribution in [1.29, 1.82) is 0 Å². The molecule has 7 nitrogen and oxygen atoms in total. The summed E-state index contributed by atoms with van der Waals surface area (Å²) in [6, 6.07) is 7.78. The highest BCUT2D eigenvalue weighted by Gasteiger charge is 2.24. The van der Waals surface area contributed by atoms with Crippen LogP contribution in [0.2, 0.25) is 0 Å².